The van der Waals surface area contributed by atoms with E-state index < -0.39 is 0 Å². The SMILES string of the molecule is COc1ccc(-c2noc(-c3c(O)cccc3O)n2)cc1. The van der Waals surface area contributed by atoms with Crippen molar-refractivity contribution in [3.63, 3.8) is 0 Å². The zero-order valence-corrected chi connectivity index (χ0v) is 11.1. The van der Waals surface area contributed by atoms with Crippen molar-refractivity contribution < 1.29 is 19.5 Å². The number of phenolic OH excluding ortho intramolecular Hbond substituents is 2. The molecule has 1 aromatic heterocycles. The number of hydrogen-bond donors (Lipinski definition) is 2. The van der Waals surface area contributed by atoms with Gasteiger partial charge in [0.05, 0.1) is 7.11 Å². The number of benzene rings is 2. The molecule has 0 aliphatic rings. The fourth-order valence-corrected chi connectivity index (χ4v) is 1.93. The molecule has 0 spiro atoms. The number of hydrogen-bond acceptors (Lipinski definition) is 6. The summed E-state index contributed by atoms with van der Waals surface area (Å²) in [6.45, 7) is 0. The van der Waals surface area contributed by atoms with E-state index in [4.69, 9.17) is 9.26 Å². The number of nitrogens with zero attached hydrogens (tertiary/aromatic N) is 2. The molecule has 0 bridgehead atoms. The van der Waals surface area contributed by atoms with E-state index in [2.05, 4.69) is 10.1 Å². The van der Waals surface area contributed by atoms with Crippen LogP contribution in [0.25, 0.3) is 22.8 Å². The van der Waals surface area contributed by atoms with Gasteiger partial charge in [0, 0.05) is 5.56 Å². The third-order valence-corrected chi connectivity index (χ3v) is 3.01. The first-order valence-corrected chi connectivity index (χ1v) is 6.18. The first-order valence-electron chi connectivity index (χ1n) is 6.18. The normalized spacial score (nSPS) is 10.5. The fraction of sp³-hybridized carbons (Fsp3) is 0.0667. The molecule has 1 heterocycles. The molecule has 0 amide bonds. The molecular weight excluding hydrogens is 272 g/mol. The second-order valence-corrected chi connectivity index (χ2v) is 4.32. The second-order valence-electron chi connectivity index (χ2n) is 4.32. The Morgan fingerprint density at radius 2 is 1.67 bits per heavy atom. The van der Waals surface area contributed by atoms with Gasteiger partial charge in [-0.15, -0.1) is 0 Å². The lowest BCUT2D eigenvalue weighted by Gasteiger charge is -2.01. The highest BCUT2D eigenvalue weighted by molar-refractivity contribution is 5.71. The molecule has 21 heavy (non-hydrogen) atoms. The standard InChI is InChI=1S/C15H12N2O4/c1-20-10-7-5-9(6-8-10)14-16-15(21-17-14)13-11(18)3-2-4-12(13)19/h2-8,18-19H,1H3. The van der Waals surface area contributed by atoms with Gasteiger partial charge in [-0.25, -0.2) is 0 Å². The van der Waals surface area contributed by atoms with Crippen LogP contribution in [-0.2, 0) is 0 Å². The Balaban J connectivity index is 1.99. The molecule has 0 fully saturated rings. The van der Waals surface area contributed by atoms with Crippen LogP contribution >= 0.6 is 0 Å². The van der Waals surface area contributed by atoms with E-state index in [1.54, 1.807) is 31.4 Å². The van der Waals surface area contributed by atoms with Gasteiger partial charge in [0.1, 0.15) is 22.8 Å². The number of aromatic hydroxyl groups is 2. The average molecular weight is 284 g/mol. The molecule has 106 valence electrons. The summed E-state index contributed by atoms with van der Waals surface area (Å²) in [7, 11) is 1.59. The highest BCUT2D eigenvalue weighted by Crippen LogP contribution is 2.36. The van der Waals surface area contributed by atoms with E-state index in [0.29, 0.717) is 5.82 Å². The summed E-state index contributed by atoms with van der Waals surface area (Å²) < 4.78 is 10.2. The lowest BCUT2D eigenvalue weighted by molar-refractivity contribution is 0.414. The number of rotatable bonds is 3. The van der Waals surface area contributed by atoms with Crippen LogP contribution < -0.4 is 4.74 Å². The Morgan fingerprint density at radius 1 is 1.00 bits per heavy atom. The minimum atomic E-state index is -0.125. The monoisotopic (exact) mass is 284 g/mol. The summed E-state index contributed by atoms with van der Waals surface area (Å²) >= 11 is 0. The lowest BCUT2D eigenvalue weighted by atomic mass is 10.1. The molecule has 6 nitrogen and oxygen atoms in total. The Bertz CT molecular complexity index is 745. The third kappa shape index (κ3) is 2.38. The highest BCUT2D eigenvalue weighted by atomic mass is 16.5. The molecule has 3 rings (SSSR count). The highest BCUT2D eigenvalue weighted by Gasteiger charge is 2.17. The molecule has 6 heteroatoms. The van der Waals surface area contributed by atoms with Crippen LogP contribution in [0.5, 0.6) is 17.2 Å². The molecule has 0 atom stereocenters. The molecule has 0 unspecified atom stereocenters. The Hall–Kier alpha value is -3.02. The van der Waals surface area contributed by atoms with Crippen LogP contribution in [0.3, 0.4) is 0 Å². The van der Waals surface area contributed by atoms with Crippen molar-refractivity contribution in [3.05, 3.63) is 42.5 Å². The Labute approximate surface area is 120 Å². The summed E-state index contributed by atoms with van der Waals surface area (Å²) in [4.78, 5) is 4.19. The third-order valence-electron chi connectivity index (χ3n) is 3.01. The van der Waals surface area contributed by atoms with Crippen molar-refractivity contribution in [2.24, 2.45) is 0 Å². The maximum absolute atomic E-state index is 9.79. The molecule has 2 aromatic carbocycles. The minimum absolute atomic E-state index is 0.0522. The number of ether oxygens (including phenoxy) is 1. The fourth-order valence-electron chi connectivity index (χ4n) is 1.93. The summed E-state index contributed by atoms with van der Waals surface area (Å²) in [5.74, 6) is 0.882. The number of aromatic nitrogens is 2. The lowest BCUT2D eigenvalue weighted by Crippen LogP contribution is -1.84. The van der Waals surface area contributed by atoms with Gasteiger partial charge in [-0.05, 0) is 36.4 Å². The van der Waals surface area contributed by atoms with E-state index in [9.17, 15) is 10.2 Å². The van der Waals surface area contributed by atoms with Crippen molar-refractivity contribution in [3.8, 4) is 40.1 Å². The van der Waals surface area contributed by atoms with E-state index >= 15 is 0 Å². The van der Waals surface area contributed by atoms with Gasteiger partial charge < -0.3 is 19.5 Å². The van der Waals surface area contributed by atoms with Crippen molar-refractivity contribution in [2.75, 3.05) is 7.11 Å². The van der Waals surface area contributed by atoms with Crippen molar-refractivity contribution in [2.45, 2.75) is 0 Å². The zero-order valence-electron chi connectivity index (χ0n) is 11.1. The predicted octanol–water partition coefficient (Wildman–Crippen LogP) is 2.82. The summed E-state index contributed by atoms with van der Waals surface area (Å²) in [6, 6.07) is 11.5. The zero-order chi connectivity index (χ0) is 14.8. The van der Waals surface area contributed by atoms with Crippen LogP contribution in [0.2, 0.25) is 0 Å². The van der Waals surface area contributed by atoms with E-state index in [1.165, 1.54) is 18.2 Å². The van der Waals surface area contributed by atoms with E-state index in [0.717, 1.165) is 11.3 Å². The van der Waals surface area contributed by atoms with Crippen molar-refractivity contribution in [1.82, 2.24) is 10.1 Å². The van der Waals surface area contributed by atoms with Gasteiger partial charge in [0.15, 0.2) is 0 Å². The topological polar surface area (TPSA) is 88.6 Å². The van der Waals surface area contributed by atoms with Gasteiger partial charge in [-0.2, -0.15) is 4.98 Å². The van der Waals surface area contributed by atoms with Gasteiger partial charge >= 0.3 is 0 Å². The van der Waals surface area contributed by atoms with Gasteiger partial charge in [0.25, 0.3) is 5.89 Å². The van der Waals surface area contributed by atoms with Crippen LogP contribution in [0, 0.1) is 0 Å². The first-order chi connectivity index (χ1) is 10.2. The van der Waals surface area contributed by atoms with Crippen LogP contribution in [0.15, 0.2) is 47.0 Å². The summed E-state index contributed by atoms with van der Waals surface area (Å²) in [5.41, 5.74) is 0.852. The molecule has 2 N–H and O–H groups in total. The maximum Gasteiger partial charge on any atom is 0.265 e. The average Bonchev–Trinajstić information content (AvgIpc) is 2.97. The first kappa shape index (κ1) is 13.0. The summed E-state index contributed by atoms with van der Waals surface area (Å²) in [5, 5.41) is 23.4. The smallest absolute Gasteiger partial charge is 0.265 e. The van der Waals surface area contributed by atoms with Gasteiger partial charge in [-0.3, -0.25) is 0 Å². The minimum Gasteiger partial charge on any atom is -0.507 e. The van der Waals surface area contributed by atoms with Crippen molar-refractivity contribution in [1.29, 1.82) is 0 Å². The number of phenols is 2. The van der Waals surface area contributed by atoms with Gasteiger partial charge in [-0.1, -0.05) is 11.2 Å². The van der Waals surface area contributed by atoms with E-state index in [1.807, 2.05) is 0 Å². The maximum atomic E-state index is 9.79. The molecule has 0 aliphatic heterocycles. The molecular formula is C15H12N2O4. The molecule has 0 saturated carbocycles. The van der Waals surface area contributed by atoms with Crippen LogP contribution in [0.4, 0.5) is 0 Å². The Morgan fingerprint density at radius 3 is 2.29 bits per heavy atom. The Kier molecular flexibility index (Phi) is 3.19. The van der Waals surface area contributed by atoms with Crippen LogP contribution in [-0.4, -0.2) is 27.5 Å². The molecule has 0 saturated heterocycles. The molecule has 3 aromatic rings. The number of methoxy groups -OCH3 is 1. The predicted molar refractivity (Wildman–Crippen MR) is 75.1 cm³/mol. The largest absolute Gasteiger partial charge is 0.507 e. The van der Waals surface area contributed by atoms with E-state index in [-0.39, 0.29) is 23.0 Å². The molecule has 0 aliphatic carbocycles. The van der Waals surface area contributed by atoms with Crippen molar-refractivity contribution >= 4 is 0 Å². The van der Waals surface area contributed by atoms with Gasteiger partial charge in [0.2, 0.25) is 5.82 Å². The second kappa shape index (κ2) is 5.16. The summed E-state index contributed by atoms with van der Waals surface area (Å²) in [6.07, 6.45) is 0. The quantitative estimate of drug-likeness (QED) is 0.768. The van der Waals surface area contributed by atoms with Crippen LogP contribution in [0.1, 0.15) is 0 Å². The molecule has 0 radical (unpaired) electrons.